The molecule has 4 nitrogen and oxygen atoms in total. The fraction of sp³-hybridized carbons (Fsp3) is 0. The maximum Gasteiger partial charge on any atom is 0.128 e. The highest BCUT2D eigenvalue weighted by Crippen LogP contribution is 2.01. The zero-order valence-corrected chi connectivity index (χ0v) is 6.48. The van der Waals surface area contributed by atoms with Crippen molar-refractivity contribution in [3.8, 4) is 0 Å². The van der Waals surface area contributed by atoms with E-state index in [1.807, 2.05) is 0 Å². The Morgan fingerprint density at radius 3 is 2.80 bits per heavy atom. The smallest absolute Gasteiger partial charge is 0.128 e. The van der Waals surface area contributed by atoms with E-state index < -0.39 is 0 Å². The van der Waals surface area contributed by atoms with Gasteiger partial charge in [-0.1, -0.05) is 5.16 Å². The van der Waals surface area contributed by atoms with Crippen LogP contribution in [0.3, 0.4) is 0 Å². The molecule has 1 aromatic heterocycles. The normalized spacial score (nSPS) is 10.5. The first-order chi connectivity index (χ1) is 4.83. The van der Waals surface area contributed by atoms with E-state index in [0.29, 0.717) is 10.3 Å². The van der Waals surface area contributed by atoms with Crippen LogP contribution >= 0.6 is 15.9 Å². The van der Waals surface area contributed by atoms with Crippen molar-refractivity contribution >= 4 is 22.1 Å². The Kier molecular flexibility index (Phi) is 2.33. The topological polar surface area (TPSA) is 58.4 Å². The molecule has 1 aromatic rings. The Hall–Kier alpha value is -0.970. The van der Waals surface area contributed by atoms with Crippen LogP contribution < -0.4 is 0 Å². The Labute approximate surface area is 65.7 Å². The molecule has 5 heteroatoms. The summed E-state index contributed by atoms with van der Waals surface area (Å²) in [4.78, 5) is 0. The Balaban J connectivity index is 2.89. The van der Waals surface area contributed by atoms with Gasteiger partial charge in [-0.05, 0) is 28.1 Å². The first kappa shape index (κ1) is 7.14. The molecular formula is C5H4BrN3O. The van der Waals surface area contributed by atoms with E-state index in [-0.39, 0.29) is 0 Å². The van der Waals surface area contributed by atoms with E-state index in [4.69, 9.17) is 5.21 Å². The molecular weight excluding hydrogens is 198 g/mol. The molecule has 0 aliphatic carbocycles. The number of hydrogen-bond acceptors (Lipinski definition) is 4. The summed E-state index contributed by atoms with van der Waals surface area (Å²) >= 11 is 3.12. The second kappa shape index (κ2) is 3.26. The third-order valence-corrected chi connectivity index (χ3v) is 1.27. The maximum atomic E-state index is 8.08. The molecule has 0 amide bonds. The molecule has 1 heterocycles. The predicted molar refractivity (Wildman–Crippen MR) is 39.1 cm³/mol. The Morgan fingerprint density at radius 1 is 1.50 bits per heavy atom. The molecule has 52 valence electrons. The molecule has 0 aliphatic rings. The number of aromatic nitrogens is 2. The largest absolute Gasteiger partial charge is 0.411 e. The van der Waals surface area contributed by atoms with Crippen molar-refractivity contribution in [1.82, 2.24) is 10.2 Å². The van der Waals surface area contributed by atoms with Crippen LogP contribution in [0.5, 0.6) is 0 Å². The lowest BCUT2D eigenvalue weighted by Crippen LogP contribution is -1.89. The quantitative estimate of drug-likeness (QED) is 0.420. The fourth-order valence-electron chi connectivity index (χ4n) is 0.454. The Bertz CT molecular complexity index is 233. The van der Waals surface area contributed by atoms with Crippen LogP contribution in [-0.2, 0) is 0 Å². The van der Waals surface area contributed by atoms with Crippen molar-refractivity contribution in [1.29, 1.82) is 0 Å². The molecule has 0 aromatic carbocycles. The summed E-state index contributed by atoms with van der Waals surface area (Å²) < 4.78 is 0.655. The lowest BCUT2D eigenvalue weighted by atomic mass is 10.4. The molecule has 0 unspecified atom stereocenters. The lowest BCUT2D eigenvalue weighted by molar-refractivity contribution is 0.321. The summed E-state index contributed by atoms with van der Waals surface area (Å²) in [6.07, 6.45) is 1.21. The van der Waals surface area contributed by atoms with Crippen molar-refractivity contribution < 1.29 is 5.21 Å². The van der Waals surface area contributed by atoms with Crippen molar-refractivity contribution in [2.45, 2.75) is 0 Å². The molecule has 1 rings (SSSR count). The van der Waals surface area contributed by atoms with E-state index in [2.05, 4.69) is 31.3 Å². The standard InChI is InChI=1S/C5H4BrN3O/c6-5-2-1-4(3-7-10)8-9-5/h1-3,10H/b7-3-. The number of nitrogens with zero attached hydrogens (tertiary/aromatic N) is 3. The van der Waals surface area contributed by atoms with Gasteiger partial charge in [-0.25, -0.2) is 0 Å². The minimum absolute atomic E-state index is 0.519. The molecule has 0 atom stereocenters. The first-order valence-electron chi connectivity index (χ1n) is 2.49. The third-order valence-electron chi connectivity index (χ3n) is 0.843. The van der Waals surface area contributed by atoms with Crippen molar-refractivity contribution in [3.63, 3.8) is 0 Å². The van der Waals surface area contributed by atoms with E-state index in [9.17, 15) is 0 Å². The molecule has 0 fully saturated rings. The lowest BCUT2D eigenvalue weighted by Gasteiger charge is -1.87. The molecule has 0 bridgehead atoms. The molecule has 1 N–H and O–H groups in total. The minimum atomic E-state index is 0.519. The highest BCUT2D eigenvalue weighted by Gasteiger charge is 1.89. The molecule has 0 saturated carbocycles. The summed E-state index contributed by atoms with van der Waals surface area (Å²) in [6, 6.07) is 3.39. The maximum absolute atomic E-state index is 8.08. The fourth-order valence-corrected chi connectivity index (χ4v) is 0.666. The highest BCUT2D eigenvalue weighted by atomic mass is 79.9. The van der Waals surface area contributed by atoms with Crippen LogP contribution in [-0.4, -0.2) is 21.6 Å². The summed E-state index contributed by atoms with van der Waals surface area (Å²) in [5.74, 6) is 0. The van der Waals surface area contributed by atoms with Gasteiger partial charge >= 0.3 is 0 Å². The zero-order valence-electron chi connectivity index (χ0n) is 4.90. The van der Waals surface area contributed by atoms with Gasteiger partial charge in [0.05, 0.1) is 6.21 Å². The van der Waals surface area contributed by atoms with Gasteiger partial charge in [-0.15, -0.1) is 10.2 Å². The number of halogens is 1. The third kappa shape index (κ3) is 1.77. The van der Waals surface area contributed by atoms with Gasteiger partial charge in [0.25, 0.3) is 0 Å². The average molecular weight is 202 g/mol. The van der Waals surface area contributed by atoms with E-state index in [1.165, 1.54) is 6.21 Å². The van der Waals surface area contributed by atoms with Crippen LogP contribution in [0.4, 0.5) is 0 Å². The summed E-state index contributed by atoms with van der Waals surface area (Å²) in [5.41, 5.74) is 0.519. The summed E-state index contributed by atoms with van der Waals surface area (Å²) in [7, 11) is 0. The van der Waals surface area contributed by atoms with E-state index >= 15 is 0 Å². The summed E-state index contributed by atoms with van der Waals surface area (Å²) in [5, 5.41) is 18.2. The molecule has 0 saturated heterocycles. The monoisotopic (exact) mass is 201 g/mol. The molecule has 0 radical (unpaired) electrons. The van der Waals surface area contributed by atoms with E-state index in [1.54, 1.807) is 12.1 Å². The second-order valence-corrected chi connectivity index (χ2v) is 2.34. The SMILES string of the molecule is O/N=C\c1ccc(Br)nn1. The molecule has 0 aliphatic heterocycles. The minimum Gasteiger partial charge on any atom is -0.411 e. The van der Waals surface area contributed by atoms with Crippen molar-refractivity contribution in [2.24, 2.45) is 5.16 Å². The van der Waals surface area contributed by atoms with Crippen LogP contribution in [0, 0.1) is 0 Å². The van der Waals surface area contributed by atoms with Crippen LogP contribution in [0.25, 0.3) is 0 Å². The van der Waals surface area contributed by atoms with Crippen LogP contribution in [0.1, 0.15) is 5.69 Å². The molecule has 0 spiro atoms. The predicted octanol–water partition coefficient (Wildman–Crippen LogP) is 1.05. The van der Waals surface area contributed by atoms with Crippen LogP contribution in [0.2, 0.25) is 0 Å². The second-order valence-electron chi connectivity index (χ2n) is 1.53. The summed E-state index contributed by atoms with van der Waals surface area (Å²) in [6.45, 7) is 0. The molecule has 10 heavy (non-hydrogen) atoms. The average Bonchev–Trinajstić information content (AvgIpc) is 1.95. The van der Waals surface area contributed by atoms with Crippen LogP contribution in [0.15, 0.2) is 21.9 Å². The number of rotatable bonds is 1. The van der Waals surface area contributed by atoms with Gasteiger partial charge < -0.3 is 5.21 Å². The number of oxime groups is 1. The van der Waals surface area contributed by atoms with Crippen molar-refractivity contribution in [2.75, 3.05) is 0 Å². The van der Waals surface area contributed by atoms with Gasteiger partial charge in [0.2, 0.25) is 0 Å². The van der Waals surface area contributed by atoms with E-state index in [0.717, 1.165) is 0 Å². The first-order valence-corrected chi connectivity index (χ1v) is 3.29. The zero-order chi connectivity index (χ0) is 7.40. The van der Waals surface area contributed by atoms with Gasteiger partial charge in [0.1, 0.15) is 10.3 Å². The van der Waals surface area contributed by atoms with Gasteiger partial charge in [0, 0.05) is 0 Å². The number of hydrogen-bond donors (Lipinski definition) is 1. The highest BCUT2D eigenvalue weighted by molar-refractivity contribution is 9.10. The Morgan fingerprint density at radius 2 is 2.30 bits per heavy atom. The van der Waals surface area contributed by atoms with Crippen molar-refractivity contribution in [3.05, 3.63) is 22.4 Å². The van der Waals surface area contributed by atoms with Gasteiger partial charge in [-0.2, -0.15) is 0 Å². The van der Waals surface area contributed by atoms with Gasteiger partial charge in [0.15, 0.2) is 0 Å². The van der Waals surface area contributed by atoms with Gasteiger partial charge in [-0.3, -0.25) is 0 Å².